The van der Waals surface area contributed by atoms with Crippen LogP contribution in [0.25, 0.3) is 34.4 Å². The van der Waals surface area contributed by atoms with Gasteiger partial charge in [-0.3, -0.25) is 0 Å². The number of benzene rings is 4. The molecule has 0 heteroatoms. The minimum absolute atomic E-state index is 1.01. The number of fused-ring (bicyclic) bond motifs is 3. The van der Waals surface area contributed by atoms with Gasteiger partial charge < -0.3 is 0 Å². The Bertz CT molecular complexity index is 1130. The third-order valence-corrected chi connectivity index (χ3v) is 5.36. The fourth-order valence-corrected chi connectivity index (χ4v) is 4.05. The topological polar surface area (TPSA) is 0 Å². The van der Waals surface area contributed by atoms with Crippen molar-refractivity contribution < 1.29 is 0 Å². The van der Waals surface area contributed by atoms with Gasteiger partial charge in [0.25, 0.3) is 0 Å². The minimum Gasteiger partial charge on any atom is -0.0622 e. The molecular formula is C27H20. The minimum atomic E-state index is 1.01. The highest BCUT2D eigenvalue weighted by Crippen LogP contribution is 2.42. The van der Waals surface area contributed by atoms with Gasteiger partial charge in [0.15, 0.2) is 0 Å². The quantitative estimate of drug-likeness (QED) is 0.306. The Hall–Kier alpha value is -3.38. The summed E-state index contributed by atoms with van der Waals surface area (Å²) in [5.74, 6) is 0. The number of hydrogen-bond acceptors (Lipinski definition) is 0. The molecule has 0 heterocycles. The molecule has 0 radical (unpaired) electrons. The fraction of sp³-hybridized carbons (Fsp3) is 0.0370. The summed E-state index contributed by atoms with van der Waals surface area (Å²) >= 11 is 0. The summed E-state index contributed by atoms with van der Waals surface area (Å²) in [5, 5.41) is 0. The summed E-state index contributed by atoms with van der Waals surface area (Å²) in [6, 6.07) is 34.6. The standard InChI is InChI=1S/C27H20/c1-2-9-20(10-3-1)17-18-21-11-4-6-13-23(21)25-15-8-16-26-24-14-7-5-12-22(24)19-27(25)26/h1-18H,19H2. The highest BCUT2D eigenvalue weighted by atomic mass is 14.2. The van der Waals surface area contributed by atoms with Gasteiger partial charge >= 0.3 is 0 Å². The van der Waals surface area contributed by atoms with Crippen LogP contribution in [0.4, 0.5) is 0 Å². The van der Waals surface area contributed by atoms with E-state index in [4.69, 9.17) is 0 Å². The first-order chi connectivity index (χ1) is 13.4. The van der Waals surface area contributed by atoms with Crippen LogP contribution in [0.15, 0.2) is 97.1 Å². The smallest absolute Gasteiger partial charge is 0.000728 e. The van der Waals surface area contributed by atoms with Crippen molar-refractivity contribution in [3.05, 3.63) is 119 Å². The Labute approximate surface area is 160 Å². The van der Waals surface area contributed by atoms with Crippen LogP contribution < -0.4 is 0 Å². The van der Waals surface area contributed by atoms with Crippen LogP contribution in [0.2, 0.25) is 0 Å². The molecule has 0 atom stereocenters. The van der Waals surface area contributed by atoms with Gasteiger partial charge in [-0.15, -0.1) is 0 Å². The van der Waals surface area contributed by atoms with Gasteiger partial charge in [-0.2, -0.15) is 0 Å². The Morgan fingerprint density at radius 2 is 1.11 bits per heavy atom. The van der Waals surface area contributed by atoms with E-state index in [1.165, 1.54) is 44.5 Å². The van der Waals surface area contributed by atoms with Gasteiger partial charge in [0, 0.05) is 0 Å². The number of rotatable bonds is 3. The lowest BCUT2D eigenvalue weighted by atomic mass is 9.92. The lowest BCUT2D eigenvalue weighted by Gasteiger charge is -2.12. The summed E-state index contributed by atoms with van der Waals surface area (Å²) in [4.78, 5) is 0. The van der Waals surface area contributed by atoms with Crippen LogP contribution in [0.1, 0.15) is 22.3 Å². The van der Waals surface area contributed by atoms with Gasteiger partial charge in [0.1, 0.15) is 0 Å². The first-order valence-corrected chi connectivity index (χ1v) is 9.43. The zero-order chi connectivity index (χ0) is 18.1. The first kappa shape index (κ1) is 15.8. The molecule has 4 aromatic carbocycles. The molecule has 0 fully saturated rings. The molecule has 4 aromatic rings. The molecule has 1 aliphatic carbocycles. The predicted molar refractivity (Wildman–Crippen MR) is 115 cm³/mol. The van der Waals surface area contributed by atoms with Gasteiger partial charge in [0.05, 0.1) is 0 Å². The second-order valence-electron chi connectivity index (χ2n) is 7.00. The van der Waals surface area contributed by atoms with E-state index in [9.17, 15) is 0 Å². The van der Waals surface area contributed by atoms with Crippen molar-refractivity contribution in [2.45, 2.75) is 6.42 Å². The van der Waals surface area contributed by atoms with Crippen molar-refractivity contribution >= 4 is 12.2 Å². The molecule has 0 nitrogen and oxygen atoms in total. The zero-order valence-corrected chi connectivity index (χ0v) is 15.1. The monoisotopic (exact) mass is 344 g/mol. The van der Waals surface area contributed by atoms with Crippen LogP contribution in [0, 0.1) is 0 Å². The van der Waals surface area contributed by atoms with E-state index in [2.05, 4.69) is 109 Å². The molecule has 0 spiro atoms. The molecule has 0 amide bonds. The molecule has 0 bridgehead atoms. The van der Waals surface area contributed by atoms with Crippen LogP contribution in [-0.4, -0.2) is 0 Å². The molecule has 0 saturated carbocycles. The molecule has 5 rings (SSSR count). The zero-order valence-electron chi connectivity index (χ0n) is 15.1. The summed E-state index contributed by atoms with van der Waals surface area (Å²) in [6.07, 6.45) is 5.43. The van der Waals surface area contributed by atoms with E-state index in [0.29, 0.717) is 0 Å². The van der Waals surface area contributed by atoms with Gasteiger partial charge in [-0.1, -0.05) is 109 Å². The van der Waals surface area contributed by atoms with Crippen molar-refractivity contribution in [2.75, 3.05) is 0 Å². The molecule has 1 aliphatic rings. The summed E-state index contributed by atoms with van der Waals surface area (Å²) in [6.45, 7) is 0. The summed E-state index contributed by atoms with van der Waals surface area (Å²) in [7, 11) is 0. The second-order valence-corrected chi connectivity index (χ2v) is 7.00. The van der Waals surface area contributed by atoms with Crippen molar-refractivity contribution in [1.29, 1.82) is 0 Å². The second kappa shape index (κ2) is 6.74. The largest absolute Gasteiger partial charge is 0.0622 e. The van der Waals surface area contributed by atoms with E-state index < -0.39 is 0 Å². The highest BCUT2D eigenvalue weighted by Gasteiger charge is 2.21. The average molecular weight is 344 g/mol. The maximum Gasteiger partial charge on any atom is -0.000728 e. The van der Waals surface area contributed by atoms with Crippen molar-refractivity contribution in [3.8, 4) is 22.3 Å². The van der Waals surface area contributed by atoms with Gasteiger partial charge in [-0.25, -0.2) is 0 Å². The third-order valence-electron chi connectivity index (χ3n) is 5.36. The van der Waals surface area contributed by atoms with E-state index in [1.54, 1.807) is 0 Å². The molecule has 128 valence electrons. The van der Waals surface area contributed by atoms with Crippen LogP contribution in [-0.2, 0) is 6.42 Å². The van der Waals surface area contributed by atoms with Crippen molar-refractivity contribution in [1.82, 2.24) is 0 Å². The summed E-state index contributed by atoms with van der Waals surface area (Å²) in [5.41, 5.74) is 10.8. The molecular weight excluding hydrogens is 324 g/mol. The lowest BCUT2D eigenvalue weighted by Crippen LogP contribution is -1.90. The molecule has 0 saturated heterocycles. The van der Waals surface area contributed by atoms with Crippen LogP contribution in [0.3, 0.4) is 0 Å². The number of hydrogen-bond donors (Lipinski definition) is 0. The first-order valence-electron chi connectivity index (χ1n) is 9.43. The summed E-state index contributed by atoms with van der Waals surface area (Å²) < 4.78 is 0. The Morgan fingerprint density at radius 1 is 0.481 bits per heavy atom. The Balaban J connectivity index is 1.61. The van der Waals surface area contributed by atoms with E-state index in [-0.39, 0.29) is 0 Å². The maximum absolute atomic E-state index is 2.26. The molecule has 27 heavy (non-hydrogen) atoms. The lowest BCUT2D eigenvalue weighted by molar-refractivity contribution is 1.26. The predicted octanol–water partition coefficient (Wildman–Crippen LogP) is 7.10. The van der Waals surface area contributed by atoms with E-state index >= 15 is 0 Å². The third kappa shape index (κ3) is 2.90. The fourth-order valence-electron chi connectivity index (χ4n) is 4.05. The highest BCUT2D eigenvalue weighted by molar-refractivity contribution is 5.88. The van der Waals surface area contributed by atoms with Gasteiger partial charge in [-0.05, 0) is 50.9 Å². The van der Waals surface area contributed by atoms with E-state index in [0.717, 1.165) is 6.42 Å². The Morgan fingerprint density at radius 3 is 1.96 bits per heavy atom. The normalized spacial score (nSPS) is 12.1. The van der Waals surface area contributed by atoms with Crippen LogP contribution in [0.5, 0.6) is 0 Å². The van der Waals surface area contributed by atoms with E-state index in [1.807, 2.05) is 0 Å². The average Bonchev–Trinajstić information content (AvgIpc) is 3.12. The van der Waals surface area contributed by atoms with Crippen LogP contribution >= 0.6 is 0 Å². The molecule has 0 N–H and O–H groups in total. The van der Waals surface area contributed by atoms with Gasteiger partial charge in [0.2, 0.25) is 0 Å². The van der Waals surface area contributed by atoms with Crippen molar-refractivity contribution in [2.24, 2.45) is 0 Å². The Kier molecular flexibility index (Phi) is 3.95. The van der Waals surface area contributed by atoms with Crippen molar-refractivity contribution in [3.63, 3.8) is 0 Å². The SMILES string of the molecule is C(=Cc1ccccc1-c1cccc2c1Cc1ccccc1-2)c1ccccc1. The maximum atomic E-state index is 2.26. The molecule has 0 aromatic heterocycles. The molecule has 0 unspecified atom stereocenters. The molecule has 0 aliphatic heterocycles.